The molecule has 88 valence electrons. The Morgan fingerprint density at radius 1 is 1.38 bits per heavy atom. The predicted molar refractivity (Wildman–Crippen MR) is 60.0 cm³/mol. The number of carbonyl (C=O) groups excluding carboxylic acids is 1. The number of aromatic nitrogens is 3. The topological polar surface area (TPSA) is 59.8 Å². The number of amides is 1. The van der Waals surface area contributed by atoms with Crippen molar-refractivity contribution in [3.05, 3.63) is 11.9 Å². The van der Waals surface area contributed by atoms with Crippen molar-refractivity contribution >= 4 is 5.91 Å². The maximum atomic E-state index is 11.8. The van der Waals surface area contributed by atoms with Crippen LogP contribution in [0.4, 0.5) is 0 Å². The highest BCUT2D eigenvalue weighted by molar-refractivity contribution is 5.92. The van der Waals surface area contributed by atoms with Gasteiger partial charge >= 0.3 is 0 Å². The van der Waals surface area contributed by atoms with Gasteiger partial charge in [-0.05, 0) is 12.8 Å². The van der Waals surface area contributed by atoms with Crippen molar-refractivity contribution in [2.75, 3.05) is 0 Å². The molecule has 1 N–H and O–H groups in total. The van der Waals surface area contributed by atoms with Crippen molar-refractivity contribution in [2.45, 2.75) is 44.6 Å². The molecular weight excluding hydrogens is 204 g/mol. The van der Waals surface area contributed by atoms with Gasteiger partial charge in [0.2, 0.25) is 0 Å². The number of carbonyl (C=O) groups is 1. The summed E-state index contributed by atoms with van der Waals surface area (Å²) in [7, 11) is 1.71. The van der Waals surface area contributed by atoms with Gasteiger partial charge in [0.1, 0.15) is 0 Å². The maximum Gasteiger partial charge on any atom is 0.273 e. The van der Waals surface area contributed by atoms with Crippen molar-refractivity contribution in [2.24, 2.45) is 7.05 Å². The molecule has 0 bridgehead atoms. The first-order valence-corrected chi connectivity index (χ1v) is 5.93. The Balaban J connectivity index is 1.90. The van der Waals surface area contributed by atoms with Gasteiger partial charge in [-0.25, -0.2) is 0 Å². The molecule has 5 heteroatoms. The third kappa shape index (κ3) is 2.81. The molecule has 1 saturated carbocycles. The summed E-state index contributed by atoms with van der Waals surface area (Å²) >= 11 is 0. The summed E-state index contributed by atoms with van der Waals surface area (Å²) < 4.78 is 0. The Bertz CT molecular complexity index is 353. The lowest BCUT2D eigenvalue weighted by atomic mass is 10.1. The first-order chi connectivity index (χ1) is 7.75. The molecule has 0 atom stereocenters. The predicted octanol–water partition coefficient (Wildman–Crippen LogP) is 1.27. The van der Waals surface area contributed by atoms with Gasteiger partial charge < -0.3 is 5.32 Å². The summed E-state index contributed by atoms with van der Waals surface area (Å²) in [5.41, 5.74) is 0.409. The third-order valence-electron chi connectivity index (χ3n) is 3.02. The molecular formula is C11H18N4O. The number of nitrogens with zero attached hydrogens (tertiary/aromatic N) is 3. The van der Waals surface area contributed by atoms with Gasteiger partial charge in [-0.15, -0.1) is 5.10 Å². The lowest BCUT2D eigenvalue weighted by Gasteiger charge is -2.14. The molecule has 1 amide bonds. The average Bonchev–Trinajstić information content (AvgIpc) is 2.54. The Labute approximate surface area is 95.2 Å². The molecule has 0 aliphatic heterocycles. The molecule has 1 heterocycles. The first-order valence-electron chi connectivity index (χ1n) is 5.93. The Kier molecular flexibility index (Phi) is 3.54. The largest absolute Gasteiger partial charge is 0.348 e. The quantitative estimate of drug-likeness (QED) is 0.766. The summed E-state index contributed by atoms with van der Waals surface area (Å²) in [6, 6.07) is 0.317. The molecule has 0 aromatic carbocycles. The second kappa shape index (κ2) is 5.09. The summed E-state index contributed by atoms with van der Waals surface area (Å²) in [6.07, 6.45) is 8.69. The van der Waals surface area contributed by atoms with Gasteiger partial charge in [-0.3, -0.25) is 4.79 Å². The van der Waals surface area contributed by atoms with Crippen LogP contribution >= 0.6 is 0 Å². The Morgan fingerprint density at radius 2 is 2.06 bits per heavy atom. The van der Waals surface area contributed by atoms with Crippen LogP contribution in [0.15, 0.2) is 6.20 Å². The van der Waals surface area contributed by atoms with Gasteiger partial charge in [-0.1, -0.05) is 25.7 Å². The molecule has 0 spiro atoms. The molecule has 1 aliphatic carbocycles. The van der Waals surface area contributed by atoms with Crippen LogP contribution in [0.1, 0.15) is 49.0 Å². The van der Waals surface area contributed by atoms with Crippen LogP contribution in [0, 0.1) is 0 Å². The van der Waals surface area contributed by atoms with E-state index in [1.807, 2.05) is 0 Å². The molecule has 0 unspecified atom stereocenters. The fourth-order valence-corrected chi connectivity index (χ4v) is 2.13. The van der Waals surface area contributed by atoms with Crippen LogP contribution < -0.4 is 5.32 Å². The van der Waals surface area contributed by atoms with E-state index in [9.17, 15) is 4.79 Å². The minimum atomic E-state index is -0.0972. The van der Waals surface area contributed by atoms with E-state index in [2.05, 4.69) is 15.5 Å². The first kappa shape index (κ1) is 11.1. The van der Waals surface area contributed by atoms with Gasteiger partial charge in [0.25, 0.3) is 5.91 Å². The smallest absolute Gasteiger partial charge is 0.273 e. The minimum absolute atomic E-state index is 0.0972. The molecule has 1 fully saturated rings. The normalized spacial score (nSPS) is 18.1. The number of nitrogens with one attached hydrogen (secondary N) is 1. The maximum absolute atomic E-state index is 11.8. The van der Waals surface area contributed by atoms with Crippen LogP contribution in [0.5, 0.6) is 0 Å². The molecule has 0 radical (unpaired) electrons. The highest BCUT2D eigenvalue weighted by Crippen LogP contribution is 2.17. The molecule has 1 aromatic rings. The SMILES string of the molecule is Cn1ncc(C(=O)NC2CCCCCC2)n1. The van der Waals surface area contributed by atoms with Crippen LogP contribution in [0.3, 0.4) is 0 Å². The van der Waals surface area contributed by atoms with Crippen molar-refractivity contribution < 1.29 is 4.79 Å². The number of aryl methyl sites for hydroxylation is 1. The van der Waals surface area contributed by atoms with E-state index in [0.717, 1.165) is 12.8 Å². The number of hydrogen-bond acceptors (Lipinski definition) is 3. The zero-order chi connectivity index (χ0) is 11.4. The van der Waals surface area contributed by atoms with Crippen molar-refractivity contribution in [1.82, 2.24) is 20.3 Å². The fourth-order valence-electron chi connectivity index (χ4n) is 2.13. The molecule has 1 aliphatic rings. The van der Waals surface area contributed by atoms with Gasteiger partial charge in [0, 0.05) is 13.1 Å². The highest BCUT2D eigenvalue weighted by Gasteiger charge is 2.17. The fraction of sp³-hybridized carbons (Fsp3) is 0.727. The van der Waals surface area contributed by atoms with Gasteiger partial charge in [-0.2, -0.15) is 9.90 Å². The summed E-state index contributed by atoms with van der Waals surface area (Å²) in [6.45, 7) is 0. The molecule has 16 heavy (non-hydrogen) atoms. The molecule has 5 nitrogen and oxygen atoms in total. The summed E-state index contributed by atoms with van der Waals surface area (Å²) in [5, 5.41) is 10.9. The lowest BCUT2D eigenvalue weighted by molar-refractivity contribution is 0.0927. The van der Waals surface area contributed by atoms with Crippen LogP contribution in [-0.2, 0) is 7.05 Å². The number of hydrogen-bond donors (Lipinski definition) is 1. The van der Waals surface area contributed by atoms with Gasteiger partial charge in [0.15, 0.2) is 5.69 Å². The summed E-state index contributed by atoms with van der Waals surface area (Å²) in [5.74, 6) is -0.0972. The highest BCUT2D eigenvalue weighted by atomic mass is 16.2. The molecule has 2 rings (SSSR count). The monoisotopic (exact) mass is 222 g/mol. The van der Waals surface area contributed by atoms with E-state index >= 15 is 0 Å². The second-order valence-electron chi connectivity index (χ2n) is 4.38. The van der Waals surface area contributed by atoms with Gasteiger partial charge in [0.05, 0.1) is 6.20 Å². The van der Waals surface area contributed by atoms with E-state index in [1.165, 1.54) is 36.7 Å². The Morgan fingerprint density at radius 3 is 2.62 bits per heavy atom. The standard InChI is InChI=1S/C11H18N4O/c1-15-12-8-10(14-15)11(16)13-9-6-4-2-3-5-7-9/h8-9H,2-7H2,1H3,(H,13,16). The zero-order valence-electron chi connectivity index (χ0n) is 9.65. The summed E-state index contributed by atoms with van der Waals surface area (Å²) in [4.78, 5) is 13.2. The van der Waals surface area contributed by atoms with Crippen molar-refractivity contribution in [3.63, 3.8) is 0 Å². The van der Waals surface area contributed by atoms with E-state index < -0.39 is 0 Å². The van der Waals surface area contributed by atoms with Crippen molar-refractivity contribution in [1.29, 1.82) is 0 Å². The average molecular weight is 222 g/mol. The van der Waals surface area contributed by atoms with Crippen LogP contribution in [-0.4, -0.2) is 26.9 Å². The van der Waals surface area contributed by atoms with Crippen LogP contribution in [0.2, 0.25) is 0 Å². The van der Waals surface area contributed by atoms with E-state index in [4.69, 9.17) is 0 Å². The second-order valence-corrected chi connectivity index (χ2v) is 4.38. The minimum Gasteiger partial charge on any atom is -0.348 e. The van der Waals surface area contributed by atoms with E-state index in [0.29, 0.717) is 11.7 Å². The van der Waals surface area contributed by atoms with E-state index in [1.54, 1.807) is 7.05 Å². The van der Waals surface area contributed by atoms with Crippen LogP contribution in [0.25, 0.3) is 0 Å². The van der Waals surface area contributed by atoms with E-state index in [-0.39, 0.29) is 5.91 Å². The Hall–Kier alpha value is -1.39. The zero-order valence-corrected chi connectivity index (χ0v) is 9.65. The third-order valence-corrected chi connectivity index (χ3v) is 3.02. The number of rotatable bonds is 2. The molecule has 0 saturated heterocycles. The van der Waals surface area contributed by atoms with Crippen molar-refractivity contribution in [3.8, 4) is 0 Å². The lowest BCUT2D eigenvalue weighted by Crippen LogP contribution is -2.34. The molecule has 1 aromatic heterocycles.